The minimum Gasteiger partial charge on any atom is -0.385 e. The summed E-state index contributed by atoms with van der Waals surface area (Å²) in [6.07, 6.45) is 4.02. The zero-order chi connectivity index (χ0) is 23.1. The van der Waals surface area contributed by atoms with E-state index in [0.717, 1.165) is 32.8 Å². The fourth-order valence-electron chi connectivity index (χ4n) is 3.38. The van der Waals surface area contributed by atoms with Crippen LogP contribution in [0.2, 0.25) is 0 Å². The van der Waals surface area contributed by atoms with Gasteiger partial charge in [-0.3, -0.25) is 9.59 Å². The average Bonchev–Trinajstić information content (AvgIpc) is 3.37. The summed E-state index contributed by atoms with van der Waals surface area (Å²) in [5.41, 5.74) is 12.9. The summed E-state index contributed by atoms with van der Waals surface area (Å²) in [4.78, 5) is 35.6. The van der Waals surface area contributed by atoms with Gasteiger partial charge in [-0.2, -0.15) is 0 Å². The third-order valence-corrected chi connectivity index (χ3v) is 5.53. The molecule has 1 aromatic heterocycles. The second-order valence-corrected chi connectivity index (χ2v) is 7.76. The monoisotopic (exact) mass is 449 g/mol. The van der Waals surface area contributed by atoms with Gasteiger partial charge in [-0.15, -0.1) is 11.3 Å². The van der Waals surface area contributed by atoms with Crippen molar-refractivity contribution < 1.29 is 14.4 Å². The Kier molecular flexibility index (Phi) is 7.35. The molecule has 1 aliphatic rings. The average molecular weight is 450 g/mol. The van der Waals surface area contributed by atoms with Crippen molar-refractivity contribution in [2.75, 3.05) is 22.5 Å². The molecule has 3 aromatic rings. The van der Waals surface area contributed by atoms with Crippen molar-refractivity contribution in [1.82, 2.24) is 4.98 Å². The predicted molar refractivity (Wildman–Crippen MR) is 129 cm³/mol. The first kappa shape index (κ1) is 22.7. The normalized spacial score (nSPS) is 13.8. The number of allylic oxidation sites excluding steroid dienone is 1. The van der Waals surface area contributed by atoms with E-state index in [9.17, 15) is 9.59 Å². The molecule has 164 valence electrons. The maximum absolute atomic E-state index is 12.4. The van der Waals surface area contributed by atoms with Gasteiger partial charge in [-0.1, -0.05) is 6.08 Å². The van der Waals surface area contributed by atoms with E-state index in [0.29, 0.717) is 24.2 Å². The predicted octanol–water partition coefficient (Wildman–Crippen LogP) is 3.75. The van der Waals surface area contributed by atoms with E-state index in [1.165, 1.54) is 6.08 Å². The number of nitrogens with zero attached hydrogens (tertiary/aromatic N) is 1. The lowest BCUT2D eigenvalue weighted by Gasteiger charge is -2.09. The molecule has 0 aliphatic carbocycles. The highest BCUT2D eigenvalue weighted by molar-refractivity contribution is 7.17. The number of nitrogens with one attached hydrogen (secondary N) is 3. The number of hydrogen-bond donors (Lipinski definition) is 4. The number of hydrogen-bond acceptors (Lipinski definition) is 7. The van der Waals surface area contributed by atoms with E-state index in [1.807, 2.05) is 49.3 Å². The van der Waals surface area contributed by atoms with E-state index in [2.05, 4.69) is 20.9 Å². The third-order valence-electron chi connectivity index (χ3n) is 4.67. The fraction of sp³-hybridized carbons (Fsp3) is 0.130. The smallest absolute Gasteiger partial charge is 0.256 e. The molecule has 5 N–H and O–H groups in total. The summed E-state index contributed by atoms with van der Waals surface area (Å²) < 4.78 is 1.04. The van der Waals surface area contributed by atoms with E-state index in [-0.39, 0.29) is 5.91 Å². The van der Waals surface area contributed by atoms with Crippen molar-refractivity contribution in [2.24, 2.45) is 5.73 Å². The highest BCUT2D eigenvalue weighted by atomic mass is 32.1. The van der Waals surface area contributed by atoms with Crippen molar-refractivity contribution in [3.63, 3.8) is 0 Å². The number of carbonyl (C=O) groups is 3. The Morgan fingerprint density at radius 1 is 1.19 bits per heavy atom. The largest absolute Gasteiger partial charge is 0.385 e. The number of aromatic nitrogens is 1. The van der Waals surface area contributed by atoms with Gasteiger partial charge in [0.2, 0.25) is 5.91 Å². The number of fused-ring (bicyclic) bond motifs is 3. The first-order valence-electron chi connectivity index (χ1n) is 9.77. The summed E-state index contributed by atoms with van der Waals surface area (Å²) in [7, 11) is 0. The highest BCUT2D eigenvalue weighted by Gasteiger charge is 2.26. The Hall–Kier alpha value is -3.98. The number of nitrogens with two attached hydrogens (primary N) is 1. The van der Waals surface area contributed by atoms with Crippen LogP contribution in [-0.4, -0.2) is 30.1 Å². The van der Waals surface area contributed by atoms with Gasteiger partial charge in [0.25, 0.3) is 5.91 Å². The second kappa shape index (κ2) is 10.4. The van der Waals surface area contributed by atoms with Gasteiger partial charge in [0.15, 0.2) is 0 Å². The van der Waals surface area contributed by atoms with Crippen molar-refractivity contribution in [3.8, 4) is 0 Å². The number of primary amides is 1. The molecule has 2 amide bonds. The van der Waals surface area contributed by atoms with Gasteiger partial charge >= 0.3 is 0 Å². The number of rotatable bonds is 7. The highest BCUT2D eigenvalue weighted by Crippen LogP contribution is 2.39. The van der Waals surface area contributed by atoms with Crippen molar-refractivity contribution in [2.45, 2.75) is 13.3 Å². The molecule has 2 heterocycles. The number of thiazole rings is 1. The summed E-state index contributed by atoms with van der Waals surface area (Å²) in [5.74, 6) is -0.553. The van der Waals surface area contributed by atoms with E-state index in [1.54, 1.807) is 23.8 Å². The fourth-order valence-corrected chi connectivity index (χ4v) is 4.23. The Morgan fingerprint density at radius 3 is 2.62 bits per heavy atom. The van der Waals surface area contributed by atoms with Gasteiger partial charge in [-0.25, -0.2) is 4.98 Å². The molecule has 0 unspecified atom stereocenters. The standard InChI is InChI=1S/C22H21N5O2S.CH2O/c1-13(11-19(23)28)26-15-6-4-14(5-7-15)24-10-2-3-16-20-17(27-22(16)29)8-9-18-21(20)30-12-25-18;1-2/h3-9,11-12,24,26H,2,10H2,1H3,(H2,23,28)(H,27,29);1H2/b13-11-,16-3-;. The van der Waals surface area contributed by atoms with Gasteiger partial charge in [0.05, 0.1) is 21.4 Å². The molecule has 1 aliphatic heterocycles. The van der Waals surface area contributed by atoms with E-state index >= 15 is 0 Å². The molecule has 0 radical (unpaired) electrons. The lowest BCUT2D eigenvalue weighted by Crippen LogP contribution is -2.09. The van der Waals surface area contributed by atoms with Crippen LogP contribution in [0, 0.1) is 0 Å². The first-order valence-corrected chi connectivity index (χ1v) is 10.6. The van der Waals surface area contributed by atoms with Crippen molar-refractivity contribution in [3.05, 3.63) is 65.3 Å². The van der Waals surface area contributed by atoms with Crippen LogP contribution < -0.4 is 21.7 Å². The Balaban J connectivity index is 0.00000141. The number of carbonyl (C=O) groups excluding carboxylic acids is 3. The topological polar surface area (TPSA) is 126 Å². The maximum atomic E-state index is 12.4. The van der Waals surface area contributed by atoms with Gasteiger partial charge in [0.1, 0.15) is 6.79 Å². The summed E-state index contributed by atoms with van der Waals surface area (Å²) in [6.45, 7) is 4.47. The van der Waals surface area contributed by atoms with Crippen molar-refractivity contribution in [1.29, 1.82) is 0 Å². The Bertz CT molecular complexity index is 1200. The second-order valence-electron chi connectivity index (χ2n) is 6.91. The first-order chi connectivity index (χ1) is 15.5. The molecule has 0 fully saturated rings. The summed E-state index contributed by atoms with van der Waals surface area (Å²) >= 11 is 1.55. The van der Waals surface area contributed by atoms with Crippen LogP contribution in [0.5, 0.6) is 0 Å². The molecule has 0 spiro atoms. The molecule has 0 saturated heterocycles. The summed E-state index contributed by atoms with van der Waals surface area (Å²) in [6, 6.07) is 11.6. The van der Waals surface area contributed by atoms with Crippen LogP contribution in [0.4, 0.5) is 17.1 Å². The molecular formula is C23H23N5O3S. The molecule has 0 bridgehead atoms. The van der Waals surface area contributed by atoms with Crippen LogP contribution in [0.15, 0.2) is 59.8 Å². The molecule has 2 aromatic carbocycles. The van der Waals surface area contributed by atoms with Crippen LogP contribution in [-0.2, 0) is 14.4 Å². The third kappa shape index (κ3) is 5.19. The molecule has 8 nitrogen and oxygen atoms in total. The van der Waals surface area contributed by atoms with Gasteiger partial charge in [0, 0.05) is 40.8 Å². The van der Waals surface area contributed by atoms with Gasteiger partial charge < -0.3 is 26.5 Å². The van der Waals surface area contributed by atoms with Crippen LogP contribution in [0.3, 0.4) is 0 Å². The molecular weight excluding hydrogens is 426 g/mol. The van der Waals surface area contributed by atoms with Crippen LogP contribution in [0.25, 0.3) is 15.8 Å². The minimum absolute atomic E-state index is 0.0688. The van der Waals surface area contributed by atoms with E-state index < -0.39 is 5.91 Å². The maximum Gasteiger partial charge on any atom is 0.256 e. The zero-order valence-corrected chi connectivity index (χ0v) is 18.3. The van der Waals surface area contributed by atoms with Crippen LogP contribution >= 0.6 is 11.3 Å². The minimum atomic E-state index is -0.484. The lowest BCUT2D eigenvalue weighted by molar-refractivity contribution is -0.113. The molecule has 9 heteroatoms. The molecule has 32 heavy (non-hydrogen) atoms. The Labute approximate surface area is 189 Å². The SMILES string of the molecule is C/C(=C/C(N)=O)Nc1ccc(NCC/C=C2\C(=O)Nc3ccc4ncsc4c32)cc1.C=O. The lowest BCUT2D eigenvalue weighted by atomic mass is 10.1. The van der Waals surface area contributed by atoms with Gasteiger partial charge in [-0.05, 0) is 49.7 Å². The molecule has 0 atom stereocenters. The summed E-state index contributed by atoms with van der Waals surface area (Å²) in [5, 5.41) is 9.39. The number of amides is 2. The zero-order valence-electron chi connectivity index (χ0n) is 17.5. The molecule has 4 rings (SSSR count). The van der Waals surface area contributed by atoms with Crippen LogP contribution in [0.1, 0.15) is 18.9 Å². The number of anilines is 3. The van der Waals surface area contributed by atoms with E-state index in [4.69, 9.17) is 10.5 Å². The van der Waals surface area contributed by atoms with Crippen molar-refractivity contribution >= 4 is 62.8 Å². The quantitative estimate of drug-likeness (QED) is 0.321. The number of benzene rings is 2. The Morgan fingerprint density at radius 2 is 1.91 bits per heavy atom. The molecule has 0 saturated carbocycles.